The summed E-state index contributed by atoms with van der Waals surface area (Å²) in [5, 5.41) is 10.6. The van der Waals surface area contributed by atoms with Gasteiger partial charge in [-0.15, -0.1) is 0 Å². The molecule has 0 saturated heterocycles. The van der Waals surface area contributed by atoms with Gasteiger partial charge in [-0.05, 0) is 24.3 Å². The smallest absolute Gasteiger partial charge is 0.269 e. The van der Waals surface area contributed by atoms with Crippen LogP contribution >= 0.6 is 0 Å². The predicted molar refractivity (Wildman–Crippen MR) is 86.3 cm³/mol. The molecule has 0 fully saturated rings. The highest BCUT2D eigenvalue weighted by atomic mass is 32.2. The molecule has 0 aromatic heterocycles. The maximum Gasteiger partial charge on any atom is 0.269 e. The minimum atomic E-state index is -3.76. The first-order valence-corrected chi connectivity index (χ1v) is 8.70. The van der Waals surface area contributed by atoms with E-state index in [-0.39, 0.29) is 30.5 Å². The van der Waals surface area contributed by atoms with Gasteiger partial charge in [-0.1, -0.05) is 0 Å². The minimum Gasteiger partial charge on any atom is -0.492 e. The Morgan fingerprint density at radius 3 is 2.56 bits per heavy atom. The number of nitrogens with one attached hydrogen (secondary N) is 1. The van der Waals surface area contributed by atoms with Gasteiger partial charge in [-0.3, -0.25) is 10.1 Å². The molecule has 0 saturated carbocycles. The van der Waals surface area contributed by atoms with Crippen LogP contribution in [0.25, 0.3) is 0 Å². The lowest BCUT2D eigenvalue weighted by Crippen LogP contribution is -2.28. The Morgan fingerprint density at radius 2 is 1.84 bits per heavy atom. The van der Waals surface area contributed by atoms with Crippen molar-refractivity contribution >= 4 is 15.7 Å². The molecular formula is C15H14N2O7S. The lowest BCUT2D eigenvalue weighted by Gasteiger charge is -2.09. The second-order valence-electron chi connectivity index (χ2n) is 5.01. The molecule has 0 unspecified atom stereocenters. The molecule has 1 aliphatic heterocycles. The van der Waals surface area contributed by atoms with Crippen molar-refractivity contribution in [1.82, 2.24) is 4.72 Å². The number of hydrogen-bond acceptors (Lipinski definition) is 7. The van der Waals surface area contributed by atoms with Crippen LogP contribution in [0.4, 0.5) is 5.69 Å². The van der Waals surface area contributed by atoms with Gasteiger partial charge in [0.15, 0.2) is 11.5 Å². The molecule has 0 spiro atoms. The van der Waals surface area contributed by atoms with Crippen LogP contribution in [0.15, 0.2) is 47.4 Å². The standard InChI is InChI=1S/C15H14N2O7S/c18-17(19)11-1-4-13(5-2-11)25(20,21)16-7-8-22-12-3-6-14-15(9-12)24-10-23-14/h1-6,9,16H,7-8,10H2. The van der Waals surface area contributed by atoms with Crippen LogP contribution in [0.3, 0.4) is 0 Å². The topological polar surface area (TPSA) is 117 Å². The molecule has 0 aliphatic carbocycles. The van der Waals surface area contributed by atoms with Crippen molar-refractivity contribution in [2.45, 2.75) is 4.90 Å². The Hall–Kier alpha value is -2.85. The number of nitrogens with zero attached hydrogens (tertiary/aromatic N) is 1. The number of rotatable bonds is 7. The SMILES string of the molecule is O=[N+]([O-])c1ccc(S(=O)(=O)NCCOc2ccc3c(c2)OCO3)cc1. The summed E-state index contributed by atoms with van der Waals surface area (Å²) in [7, 11) is -3.76. The number of fused-ring (bicyclic) bond motifs is 1. The van der Waals surface area contributed by atoms with Gasteiger partial charge in [0.05, 0.1) is 9.82 Å². The summed E-state index contributed by atoms with van der Waals surface area (Å²) in [4.78, 5) is 9.94. The Labute approximate surface area is 143 Å². The van der Waals surface area contributed by atoms with E-state index in [2.05, 4.69) is 4.72 Å². The lowest BCUT2D eigenvalue weighted by molar-refractivity contribution is -0.384. The van der Waals surface area contributed by atoms with E-state index < -0.39 is 14.9 Å². The molecule has 3 rings (SSSR count). The number of nitro groups is 1. The van der Waals surface area contributed by atoms with E-state index in [1.54, 1.807) is 18.2 Å². The highest BCUT2D eigenvalue weighted by molar-refractivity contribution is 7.89. The Balaban J connectivity index is 1.53. The fourth-order valence-corrected chi connectivity index (χ4v) is 3.16. The van der Waals surface area contributed by atoms with Crippen LogP contribution in [-0.2, 0) is 10.0 Å². The molecule has 0 bridgehead atoms. The van der Waals surface area contributed by atoms with E-state index in [1.807, 2.05) is 0 Å². The summed E-state index contributed by atoms with van der Waals surface area (Å²) in [5.41, 5.74) is -0.176. The first-order valence-electron chi connectivity index (χ1n) is 7.22. The molecule has 0 atom stereocenters. The van der Waals surface area contributed by atoms with Crippen molar-refractivity contribution in [3.05, 3.63) is 52.6 Å². The molecule has 2 aromatic carbocycles. The number of sulfonamides is 1. The molecule has 1 aliphatic rings. The van der Waals surface area contributed by atoms with Crippen LogP contribution in [0, 0.1) is 10.1 Å². The van der Waals surface area contributed by atoms with E-state index in [0.29, 0.717) is 17.2 Å². The molecular weight excluding hydrogens is 352 g/mol. The van der Waals surface area contributed by atoms with Gasteiger partial charge in [0.25, 0.3) is 5.69 Å². The van der Waals surface area contributed by atoms with E-state index >= 15 is 0 Å². The van der Waals surface area contributed by atoms with Gasteiger partial charge >= 0.3 is 0 Å². The molecule has 1 N–H and O–H groups in total. The van der Waals surface area contributed by atoms with Crippen molar-refractivity contribution in [2.75, 3.05) is 19.9 Å². The average molecular weight is 366 g/mol. The fraction of sp³-hybridized carbons (Fsp3) is 0.200. The van der Waals surface area contributed by atoms with Gasteiger partial charge in [-0.25, -0.2) is 13.1 Å². The molecule has 0 amide bonds. The number of non-ortho nitro benzene ring substituents is 1. The summed E-state index contributed by atoms with van der Waals surface area (Å²) in [5.74, 6) is 1.73. The van der Waals surface area contributed by atoms with E-state index in [4.69, 9.17) is 14.2 Å². The van der Waals surface area contributed by atoms with Gasteiger partial charge in [0, 0.05) is 24.7 Å². The summed E-state index contributed by atoms with van der Waals surface area (Å²) in [6.07, 6.45) is 0. The van der Waals surface area contributed by atoms with Crippen LogP contribution in [0.5, 0.6) is 17.2 Å². The largest absolute Gasteiger partial charge is 0.492 e. The third-order valence-corrected chi connectivity index (χ3v) is 4.84. The highest BCUT2D eigenvalue weighted by Crippen LogP contribution is 2.34. The second-order valence-corrected chi connectivity index (χ2v) is 6.78. The number of hydrogen-bond donors (Lipinski definition) is 1. The molecule has 0 radical (unpaired) electrons. The van der Waals surface area contributed by atoms with Gasteiger partial charge in [-0.2, -0.15) is 0 Å². The third-order valence-electron chi connectivity index (χ3n) is 3.36. The second kappa shape index (κ2) is 6.95. The molecule has 9 nitrogen and oxygen atoms in total. The van der Waals surface area contributed by atoms with Gasteiger partial charge in [0.2, 0.25) is 16.8 Å². The normalized spacial score (nSPS) is 12.8. The Morgan fingerprint density at radius 1 is 1.12 bits per heavy atom. The third kappa shape index (κ3) is 3.98. The molecule has 1 heterocycles. The van der Waals surface area contributed by atoms with Crippen molar-refractivity contribution in [3.8, 4) is 17.2 Å². The average Bonchev–Trinajstić information content (AvgIpc) is 3.06. The number of nitro benzene ring substituents is 1. The summed E-state index contributed by atoms with van der Waals surface area (Å²) in [6, 6.07) is 9.69. The van der Waals surface area contributed by atoms with Crippen LogP contribution < -0.4 is 18.9 Å². The van der Waals surface area contributed by atoms with Gasteiger partial charge in [0.1, 0.15) is 12.4 Å². The van der Waals surface area contributed by atoms with Crippen molar-refractivity contribution in [2.24, 2.45) is 0 Å². The summed E-state index contributed by atoms with van der Waals surface area (Å²) >= 11 is 0. The lowest BCUT2D eigenvalue weighted by atomic mass is 10.3. The van der Waals surface area contributed by atoms with E-state index in [1.165, 1.54) is 12.1 Å². The zero-order valence-electron chi connectivity index (χ0n) is 12.9. The predicted octanol–water partition coefficient (Wildman–Crippen LogP) is 1.68. The first-order chi connectivity index (χ1) is 12.0. The van der Waals surface area contributed by atoms with Crippen LogP contribution in [0.1, 0.15) is 0 Å². The zero-order valence-corrected chi connectivity index (χ0v) is 13.7. The fourth-order valence-electron chi connectivity index (χ4n) is 2.14. The van der Waals surface area contributed by atoms with Crippen molar-refractivity contribution in [3.63, 3.8) is 0 Å². The maximum atomic E-state index is 12.1. The monoisotopic (exact) mass is 366 g/mol. The molecule has 132 valence electrons. The van der Waals surface area contributed by atoms with Crippen molar-refractivity contribution < 1.29 is 27.6 Å². The number of ether oxygens (including phenoxy) is 3. The van der Waals surface area contributed by atoms with E-state index in [0.717, 1.165) is 12.1 Å². The number of benzene rings is 2. The van der Waals surface area contributed by atoms with Crippen LogP contribution in [-0.4, -0.2) is 33.3 Å². The van der Waals surface area contributed by atoms with E-state index in [9.17, 15) is 18.5 Å². The first kappa shape index (κ1) is 17.0. The van der Waals surface area contributed by atoms with Crippen LogP contribution in [0.2, 0.25) is 0 Å². The van der Waals surface area contributed by atoms with Gasteiger partial charge < -0.3 is 14.2 Å². The maximum absolute atomic E-state index is 12.1. The quantitative estimate of drug-likeness (QED) is 0.450. The Bertz CT molecular complexity index is 881. The highest BCUT2D eigenvalue weighted by Gasteiger charge is 2.16. The minimum absolute atomic E-state index is 0.0355. The molecule has 2 aromatic rings. The van der Waals surface area contributed by atoms with Crippen molar-refractivity contribution in [1.29, 1.82) is 0 Å². The molecule has 10 heteroatoms. The zero-order chi connectivity index (χ0) is 17.9. The summed E-state index contributed by atoms with van der Waals surface area (Å²) in [6.45, 7) is 0.299. The summed E-state index contributed by atoms with van der Waals surface area (Å²) < 4.78 is 42.4. The Kier molecular flexibility index (Phi) is 4.72. The molecule has 25 heavy (non-hydrogen) atoms.